The Morgan fingerprint density at radius 1 is 1.26 bits per heavy atom. The molecule has 146 valence electrons. The Labute approximate surface area is 164 Å². The van der Waals surface area contributed by atoms with Crippen LogP contribution in [-0.2, 0) is 9.59 Å². The second kappa shape index (κ2) is 11.9. The van der Waals surface area contributed by atoms with Crippen molar-refractivity contribution in [3.8, 4) is 11.5 Å². The van der Waals surface area contributed by atoms with Gasteiger partial charge in [-0.1, -0.05) is 24.3 Å². The van der Waals surface area contributed by atoms with Gasteiger partial charge in [0.25, 0.3) is 11.8 Å². The Morgan fingerprint density at radius 2 is 1.93 bits per heavy atom. The lowest BCUT2D eigenvalue weighted by Gasteiger charge is -2.14. The van der Waals surface area contributed by atoms with E-state index in [1.54, 1.807) is 43.5 Å². The van der Waals surface area contributed by atoms with Gasteiger partial charge in [-0.2, -0.15) is 0 Å². The van der Waals surface area contributed by atoms with Gasteiger partial charge in [0.2, 0.25) is 0 Å². The molecule has 1 aromatic rings. The number of carbonyl (C=O) groups excluding carboxylic acids is 2. The minimum absolute atomic E-state index is 0.226. The minimum atomic E-state index is -0.599. The highest BCUT2D eigenvalue weighted by atomic mass is 32.2. The first-order valence-electron chi connectivity index (χ1n) is 8.36. The Bertz CT molecular complexity index is 741. The minimum Gasteiger partial charge on any atom is -0.493 e. The van der Waals surface area contributed by atoms with E-state index in [4.69, 9.17) is 15.2 Å². The number of hydrogen-bond acceptors (Lipinski definition) is 5. The lowest BCUT2D eigenvalue weighted by atomic mass is 10.1. The lowest BCUT2D eigenvalue weighted by Crippen LogP contribution is -2.30. The first kappa shape index (κ1) is 22.4. The molecule has 2 amide bonds. The van der Waals surface area contributed by atoms with E-state index in [0.717, 1.165) is 12.8 Å². The van der Waals surface area contributed by atoms with Gasteiger partial charge in [-0.05, 0) is 43.7 Å². The van der Waals surface area contributed by atoms with Gasteiger partial charge in [0.05, 0.1) is 17.7 Å². The summed E-state index contributed by atoms with van der Waals surface area (Å²) in [5.74, 6) is -0.00856. The number of nitrogens with two attached hydrogens (primary N) is 1. The first-order valence-corrected chi connectivity index (χ1v) is 9.58. The SMILES string of the molecule is C=CCC/C=C(C)/C(C(N)=O)=C(/NC(=O)COc1ccccc1OC)SC. The number of allylic oxidation sites excluding steroid dienone is 2. The summed E-state index contributed by atoms with van der Waals surface area (Å²) in [7, 11) is 1.53. The van der Waals surface area contributed by atoms with Crippen LogP contribution in [0, 0.1) is 0 Å². The number of benzene rings is 1. The zero-order valence-corrected chi connectivity index (χ0v) is 16.7. The van der Waals surface area contributed by atoms with Crippen molar-refractivity contribution in [2.24, 2.45) is 5.73 Å². The Kier molecular flexibility index (Phi) is 9.82. The second-order valence-electron chi connectivity index (χ2n) is 5.51. The fraction of sp³-hybridized carbons (Fsp3) is 0.300. The van der Waals surface area contributed by atoms with Crippen molar-refractivity contribution in [2.45, 2.75) is 19.8 Å². The summed E-state index contributed by atoms with van der Waals surface area (Å²) in [4.78, 5) is 24.2. The summed E-state index contributed by atoms with van der Waals surface area (Å²) < 4.78 is 10.7. The lowest BCUT2D eigenvalue weighted by molar-refractivity contribution is -0.122. The highest BCUT2D eigenvalue weighted by Crippen LogP contribution is 2.26. The van der Waals surface area contributed by atoms with Gasteiger partial charge in [-0.25, -0.2) is 0 Å². The average molecular weight is 391 g/mol. The van der Waals surface area contributed by atoms with Gasteiger partial charge in [-0.3, -0.25) is 9.59 Å². The summed E-state index contributed by atoms with van der Waals surface area (Å²) in [6.07, 6.45) is 6.98. The maximum absolute atomic E-state index is 12.3. The molecule has 0 spiro atoms. The number of primary amides is 1. The van der Waals surface area contributed by atoms with Crippen molar-refractivity contribution in [1.82, 2.24) is 5.32 Å². The Morgan fingerprint density at radius 3 is 2.48 bits per heavy atom. The first-order chi connectivity index (χ1) is 12.9. The molecule has 0 aliphatic heterocycles. The summed E-state index contributed by atoms with van der Waals surface area (Å²) in [5.41, 5.74) is 6.52. The molecular weight excluding hydrogens is 364 g/mol. The van der Waals surface area contributed by atoms with Crippen molar-refractivity contribution >= 4 is 23.6 Å². The number of amides is 2. The van der Waals surface area contributed by atoms with Gasteiger partial charge in [0.15, 0.2) is 18.1 Å². The molecule has 3 N–H and O–H groups in total. The molecule has 0 atom stereocenters. The number of rotatable bonds is 11. The number of para-hydroxylation sites is 2. The molecule has 0 bridgehead atoms. The largest absolute Gasteiger partial charge is 0.493 e. The summed E-state index contributed by atoms with van der Waals surface area (Å²) in [6.45, 7) is 5.23. The van der Waals surface area contributed by atoms with Crippen LogP contribution in [0.2, 0.25) is 0 Å². The van der Waals surface area contributed by atoms with Crippen LogP contribution in [0.4, 0.5) is 0 Å². The van der Waals surface area contributed by atoms with Gasteiger partial charge < -0.3 is 20.5 Å². The fourth-order valence-electron chi connectivity index (χ4n) is 2.26. The molecule has 0 unspecified atom stereocenters. The van der Waals surface area contributed by atoms with E-state index >= 15 is 0 Å². The number of ether oxygens (including phenoxy) is 2. The van der Waals surface area contributed by atoms with Crippen molar-refractivity contribution in [2.75, 3.05) is 20.0 Å². The van der Waals surface area contributed by atoms with Crippen LogP contribution in [0.3, 0.4) is 0 Å². The average Bonchev–Trinajstić information content (AvgIpc) is 2.65. The number of unbranched alkanes of at least 4 members (excludes halogenated alkanes) is 1. The topological polar surface area (TPSA) is 90.7 Å². The zero-order chi connectivity index (χ0) is 20.2. The van der Waals surface area contributed by atoms with Gasteiger partial charge >= 0.3 is 0 Å². The molecule has 0 fully saturated rings. The molecular formula is C20H26N2O4S. The second-order valence-corrected chi connectivity index (χ2v) is 6.33. The molecule has 0 heterocycles. The quantitative estimate of drug-likeness (QED) is 0.262. The van der Waals surface area contributed by atoms with E-state index in [9.17, 15) is 9.59 Å². The van der Waals surface area contributed by atoms with Crippen LogP contribution in [0.5, 0.6) is 11.5 Å². The third-order valence-electron chi connectivity index (χ3n) is 3.57. The highest BCUT2D eigenvalue weighted by molar-refractivity contribution is 8.02. The van der Waals surface area contributed by atoms with E-state index in [1.807, 2.05) is 6.08 Å². The van der Waals surface area contributed by atoms with Crippen LogP contribution >= 0.6 is 11.8 Å². The van der Waals surface area contributed by atoms with E-state index in [0.29, 0.717) is 22.1 Å². The van der Waals surface area contributed by atoms with Crippen LogP contribution < -0.4 is 20.5 Å². The van der Waals surface area contributed by atoms with Gasteiger partial charge in [0, 0.05) is 0 Å². The van der Waals surface area contributed by atoms with Crippen LogP contribution in [0.1, 0.15) is 19.8 Å². The van der Waals surface area contributed by atoms with Crippen LogP contribution in [-0.4, -0.2) is 31.8 Å². The summed E-state index contributed by atoms with van der Waals surface area (Å²) in [5, 5.41) is 3.10. The maximum Gasteiger partial charge on any atom is 0.262 e. The van der Waals surface area contributed by atoms with Crippen molar-refractivity contribution in [3.05, 3.63) is 59.2 Å². The number of hydrogen-bond donors (Lipinski definition) is 2. The summed E-state index contributed by atoms with van der Waals surface area (Å²) in [6, 6.07) is 7.04. The smallest absolute Gasteiger partial charge is 0.262 e. The molecule has 0 aliphatic carbocycles. The molecule has 27 heavy (non-hydrogen) atoms. The van der Waals surface area contributed by atoms with Crippen molar-refractivity contribution in [1.29, 1.82) is 0 Å². The number of thioether (sulfide) groups is 1. The van der Waals surface area contributed by atoms with Crippen molar-refractivity contribution in [3.63, 3.8) is 0 Å². The van der Waals surface area contributed by atoms with E-state index in [1.165, 1.54) is 18.9 Å². The number of nitrogens with one attached hydrogen (secondary N) is 1. The van der Waals surface area contributed by atoms with Crippen molar-refractivity contribution < 1.29 is 19.1 Å². The molecule has 7 heteroatoms. The molecule has 0 saturated heterocycles. The van der Waals surface area contributed by atoms with Crippen LogP contribution in [0.25, 0.3) is 0 Å². The molecule has 1 aromatic carbocycles. The third kappa shape index (κ3) is 7.22. The number of methoxy groups -OCH3 is 1. The maximum atomic E-state index is 12.3. The third-order valence-corrected chi connectivity index (χ3v) is 4.29. The Hall–Kier alpha value is -2.67. The number of carbonyl (C=O) groups is 2. The molecule has 0 radical (unpaired) electrons. The predicted molar refractivity (Wildman–Crippen MR) is 110 cm³/mol. The normalized spacial score (nSPS) is 12.0. The van der Waals surface area contributed by atoms with Gasteiger partial charge in [0.1, 0.15) is 0 Å². The van der Waals surface area contributed by atoms with Crippen LogP contribution in [0.15, 0.2) is 59.2 Å². The van der Waals surface area contributed by atoms with E-state index in [-0.39, 0.29) is 12.2 Å². The molecule has 6 nitrogen and oxygen atoms in total. The fourth-order valence-corrected chi connectivity index (χ4v) is 2.95. The highest BCUT2D eigenvalue weighted by Gasteiger charge is 2.17. The van der Waals surface area contributed by atoms with Gasteiger partial charge in [-0.15, -0.1) is 18.3 Å². The molecule has 0 aromatic heterocycles. The van der Waals surface area contributed by atoms with E-state index < -0.39 is 11.8 Å². The standard InChI is InChI=1S/C20H26N2O4S/c1-5-6-7-10-14(2)18(19(21)24)20(27-4)22-17(23)13-26-16-12-9-8-11-15(16)25-3/h5,8-12H,1,6-7,13H2,2-4H3,(H2,21,24)(H,22,23)/b14-10+,20-18+. The summed E-state index contributed by atoms with van der Waals surface area (Å²) >= 11 is 1.24. The zero-order valence-electron chi connectivity index (χ0n) is 15.9. The molecule has 0 saturated carbocycles. The Balaban J connectivity index is 2.90. The van der Waals surface area contributed by atoms with E-state index in [2.05, 4.69) is 11.9 Å². The predicted octanol–water partition coefficient (Wildman–Crippen LogP) is 3.16. The monoisotopic (exact) mass is 390 g/mol. The molecule has 0 aliphatic rings. The molecule has 1 rings (SSSR count).